The lowest BCUT2D eigenvalue weighted by atomic mass is 9.92. The summed E-state index contributed by atoms with van der Waals surface area (Å²) in [6, 6.07) is 11.3. The van der Waals surface area contributed by atoms with E-state index >= 15 is 0 Å². The van der Waals surface area contributed by atoms with Crippen LogP contribution >= 0.6 is 0 Å². The fourth-order valence-corrected chi connectivity index (χ4v) is 2.29. The summed E-state index contributed by atoms with van der Waals surface area (Å²) in [5, 5.41) is 38.4. The normalized spacial score (nSPS) is 13.9. The molecule has 23 heavy (non-hydrogen) atoms. The first-order chi connectivity index (χ1) is 11.0. The van der Waals surface area contributed by atoms with E-state index in [1.54, 1.807) is 42.5 Å². The molecule has 0 amide bonds. The van der Waals surface area contributed by atoms with Gasteiger partial charge < -0.3 is 25.2 Å². The van der Waals surface area contributed by atoms with E-state index in [4.69, 9.17) is 4.74 Å². The van der Waals surface area contributed by atoms with Crippen LogP contribution in [0.1, 0.15) is 17.0 Å². The van der Waals surface area contributed by atoms with E-state index in [1.807, 2.05) is 0 Å². The van der Waals surface area contributed by atoms with Gasteiger partial charge >= 0.3 is 0 Å². The average molecular weight is 316 g/mol. The Morgan fingerprint density at radius 1 is 1.04 bits per heavy atom. The van der Waals surface area contributed by atoms with Crippen molar-refractivity contribution in [3.8, 4) is 17.2 Å². The minimum atomic E-state index is -1.02. The standard InChI is InChI=1S/C18H20O5/c1-23-16-9-13(8-15(21)10-16)17(18(22)11-19)7-4-12-2-5-14(20)6-3-12/h2-10,17-22H,11H2,1H3/b7-4-/t17-,18-/m0/s1. The van der Waals surface area contributed by atoms with Gasteiger partial charge in [0.25, 0.3) is 0 Å². The van der Waals surface area contributed by atoms with Crippen LogP contribution in [0, 0.1) is 0 Å². The van der Waals surface area contributed by atoms with Gasteiger partial charge in [0.05, 0.1) is 19.8 Å². The zero-order valence-electron chi connectivity index (χ0n) is 12.8. The minimum Gasteiger partial charge on any atom is -0.508 e. The summed E-state index contributed by atoms with van der Waals surface area (Å²) in [5.41, 5.74) is 1.46. The first-order valence-electron chi connectivity index (χ1n) is 7.17. The Hall–Kier alpha value is -2.50. The Bertz CT molecular complexity index is 664. The Morgan fingerprint density at radius 2 is 1.74 bits per heavy atom. The summed E-state index contributed by atoms with van der Waals surface area (Å²) in [4.78, 5) is 0. The molecule has 0 fully saturated rings. The van der Waals surface area contributed by atoms with Gasteiger partial charge in [-0.2, -0.15) is 0 Å². The van der Waals surface area contributed by atoms with Gasteiger partial charge in [0, 0.05) is 12.0 Å². The van der Waals surface area contributed by atoms with Crippen molar-refractivity contribution in [2.24, 2.45) is 0 Å². The molecular formula is C18H20O5. The zero-order chi connectivity index (χ0) is 16.8. The first kappa shape index (κ1) is 16.9. The lowest BCUT2D eigenvalue weighted by Gasteiger charge is -2.19. The van der Waals surface area contributed by atoms with Crippen LogP contribution in [0.25, 0.3) is 6.08 Å². The SMILES string of the molecule is COc1cc(O)cc([C@H](/C=C\c2ccc(O)cc2)[C@@H](O)CO)c1. The van der Waals surface area contributed by atoms with Crippen LogP contribution in [-0.2, 0) is 0 Å². The van der Waals surface area contributed by atoms with E-state index in [0.717, 1.165) is 5.56 Å². The summed E-state index contributed by atoms with van der Waals surface area (Å²) in [5.74, 6) is 0.141. The highest BCUT2D eigenvalue weighted by Crippen LogP contribution is 2.30. The Labute approximate surface area is 134 Å². The largest absolute Gasteiger partial charge is 0.508 e. The maximum absolute atomic E-state index is 10.1. The van der Waals surface area contributed by atoms with Crippen molar-refractivity contribution in [1.29, 1.82) is 0 Å². The van der Waals surface area contributed by atoms with E-state index in [0.29, 0.717) is 11.3 Å². The third kappa shape index (κ3) is 4.48. The number of rotatable bonds is 6. The second-order valence-electron chi connectivity index (χ2n) is 5.19. The van der Waals surface area contributed by atoms with Gasteiger partial charge in [-0.25, -0.2) is 0 Å². The van der Waals surface area contributed by atoms with Gasteiger partial charge in [-0.15, -0.1) is 0 Å². The monoisotopic (exact) mass is 316 g/mol. The molecule has 2 aromatic carbocycles. The molecule has 0 aliphatic carbocycles. The molecule has 0 aromatic heterocycles. The molecule has 122 valence electrons. The van der Waals surface area contributed by atoms with Crippen LogP contribution in [0.4, 0.5) is 0 Å². The number of methoxy groups -OCH3 is 1. The molecule has 0 heterocycles. The fraction of sp³-hybridized carbons (Fsp3) is 0.222. The molecule has 0 bridgehead atoms. The summed E-state index contributed by atoms with van der Waals surface area (Å²) in [7, 11) is 1.49. The number of phenols is 2. The molecule has 5 nitrogen and oxygen atoms in total. The van der Waals surface area contributed by atoms with E-state index < -0.39 is 18.6 Å². The number of hydrogen-bond donors (Lipinski definition) is 4. The van der Waals surface area contributed by atoms with Crippen LogP contribution in [0.2, 0.25) is 0 Å². The van der Waals surface area contributed by atoms with Gasteiger partial charge in [0.2, 0.25) is 0 Å². The van der Waals surface area contributed by atoms with Crippen molar-refractivity contribution in [3.63, 3.8) is 0 Å². The van der Waals surface area contributed by atoms with Crippen molar-refractivity contribution < 1.29 is 25.2 Å². The van der Waals surface area contributed by atoms with Gasteiger partial charge in [-0.05, 0) is 35.4 Å². The smallest absolute Gasteiger partial charge is 0.122 e. The highest BCUT2D eigenvalue weighted by molar-refractivity contribution is 5.53. The van der Waals surface area contributed by atoms with E-state index in [1.165, 1.54) is 19.2 Å². The van der Waals surface area contributed by atoms with Crippen molar-refractivity contribution in [3.05, 3.63) is 59.7 Å². The van der Waals surface area contributed by atoms with Gasteiger partial charge in [-0.1, -0.05) is 24.3 Å². The van der Waals surface area contributed by atoms with Crippen LogP contribution in [-0.4, -0.2) is 40.2 Å². The number of aromatic hydroxyl groups is 2. The predicted molar refractivity (Wildman–Crippen MR) is 87.6 cm³/mol. The number of hydrogen-bond acceptors (Lipinski definition) is 5. The van der Waals surface area contributed by atoms with Crippen molar-refractivity contribution in [1.82, 2.24) is 0 Å². The molecule has 0 radical (unpaired) electrons. The van der Waals surface area contributed by atoms with Crippen LogP contribution in [0.15, 0.2) is 48.5 Å². The molecule has 4 N–H and O–H groups in total. The first-order valence-corrected chi connectivity index (χ1v) is 7.17. The average Bonchev–Trinajstić information content (AvgIpc) is 2.55. The van der Waals surface area contributed by atoms with Crippen molar-refractivity contribution >= 4 is 6.08 Å². The Morgan fingerprint density at radius 3 is 2.35 bits per heavy atom. The molecule has 2 atom stereocenters. The lowest BCUT2D eigenvalue weighted by molar-refractivity contribution is 0.0841. The predicted octanol–water partition coefficient (Wildman–Crippen LogP) is 2.26. The molecule has 0 unspecified atom stereocenters. The summed E-state index contributed by atoms with van der Waals surface area (Å²) >= 11 is 0. The van der Waals surface area contributed by atoms with Crippen molar-refractivity contribution in [2.75, 3.05) is 13.7 Å². The molecule has 0 saturated carbocycles. The van der Waals surface area contributed by atoms with E-state index in [9.17, 15) is 20.4 Å². The molecular weight excluding hydrogens is 296 g/mol. The molecule has 5 heteroatoms. The molecule has 2 aromatic rings. The number of ether oxygens (including phenoxy) is 1. The Kier molecular flexibility index (Phi) is 5.62. The van der Waals surface area contributed by atoms with Gasteiger partial charge in [-0.3, -0.25) is 0 Å². The number of phenolic OH excluding ortho intramolecular Hbond substituents is 2. The molecule has 0 spiro atoms. The molecule has 0 saturated heterocycles. The zero-order valence-corrected chi connectivity index (χ0v) is 12.8. The number of aliphatic hydroxyl groups is 2. The van der Waals surface area contributed by atoms with Crippen LogP contribution in [0.3, 0.4) is 0 Å². The Balaban J connectivity index is 2.33. The summed E-state index contributed by atoms with van der Waals surface area (Å²) in [6.45, 7) is -0.414. The molecule has 0 aliphatic rings. The van der Waals surface area contributed by atoms with Crippen molar-refractivity contribution in [2.45, 2.75) is 12.0 Å². The molecule has 2 rings (SSSR count). The van der Waals surface area contributed by atoms with E-state index in [2.05, 4.69) is 0 Å². The van der Waals surface area contributed by atoms with E-state index in [-0.39, 0.29) is 11.5 Å². The number of benzene rings is 2. The highest BCUT2D eigenvalue weighted by Gasteiger charge is 2.19. The number of aliphatic hydroxyl groups excluding tert-OH is 2. The summed E-state index contributed by atoms with van der Waals surface area (Å²) < 4.78 is 5.12. The second-order valence-corrected chi connectivity index (χ2v) is 5.19. The quantitative estimate of drug-likeness (QED) is 0.656. The fourth-order valence-electron chi connectivity index (χ4n) is 2.29. The van der Waals surface area contributed by atoms with Gasteiger partial charge in [0.1, 0.15) is 17.2 Å². The summed E-state index contributed by atoms with van der Waals surface area (Å²) in [6.07, 6.45) is 2.50. The maximum Gasteiger partial charge on any atom is 0.122 e. The minimum absolute atomic E-state index is 0.0209. The highest BCUT2D eigenvalue weighted by atomic mass is 16.5. The lowest BCUT2D eigenvalue weighted by Crippen LogP contribution is -2.21. The topological polar surface area (TPSA) is 90.2 Å². The second kappa shape index (κ2) is 7.67. The van der Waals surface area contributed by atoms with Crippen LogP contribution in [0.5, 0.6) is 17.2 Å². The third-order valence-electron chi connectivity index (χ3n) is 3.52. The third-order valence-corrected chi connectivity index (χ3v) is 3.52. The van der Waals surface area contributed by atoms with Gasteiger partial charge in [0.15, 0.2) is 0 Å². The van der Waals surface area contributed by atoms with Crippen LogP contribution < -0.4 is 4.74 Å². The molecule has 0 aliphatic heterocycles. The maximum atomic E-state index is 10.1.